The molecule has 0 aliphatic rings. The first kappa shape index (κ1) is 20.3. The monoisotopic (exact) mass is 415 g/mol. The van der Waals surface area contributed by atoms with E-state index >= 15 is 0 Å². The molecule has 0 saturated carbocycles. The van der Waals surface area contributed by atoms with Crippen LogP contribution in [0.4, 0.5) is 15.8 Å². The van der Waals surface area contributed by atoms with E-state index in [-0.39, 0.29) is 23.6 Å². The van der Waals surface area contributed by atoms with Crippen LogP contribution in [-0.2, 0) is 16.6 Å². The molecule has 0 aliphatic carbocycles. The van der Waals surface area contributed by atoms with Gasteiger partial charge in [-0.15, -0.1) is 0 Å². The van der Waals surface area contributed by atoms with E-state index in [1.165, 1.54) is 47.0 Å². The standard InChI is InChI=1S/C20H18FN3O4S/c1-29(27,28)23-17-10-6-15(7-11-17)19(25)22-18-3-2-12-24(20(18)26)13-14-4-8-16(21)9-5-14/h2-12,23H,13H2,1H3,(H,22,25). The number of anilines is 2. The average molecular weight is 415 g/mol. The highest BCUT2D eigenvalue weighted by atomic mass is 32.2. The van der Waals surface area contributed by atoms with Crippen LogP contribution in [0.3, 0.4) is 0 Å². The van der Waals surface area contributed by atoms with E-state index in [1.54, 1.807) is 24.4 Å². The van der Waals surface area contributed by atoms with Crippen molar-refractivity contribution in [3.05, 3.63) is 94.2 Å². The average Bonchev–Trinajstić information content (AvgIpc) is 2.66. The maximum Gasteiger partial charge on any atom is 0.274 e. The third-order valence-corrected chi connectivity index (χ3v) is 4.59. The largest absolute Gasteiger partial charge is 0.317 e. The van der Waals surface area contributed by atoms with Gasteiger partial charge in [0.05, 0.1) is 12.8 Å². The number of aromatic nitrogens is 1. The Bertz CT molecular complexity index is 1190. The maximum absolute atomic E-state index is 13.0. The number of halogens is 1. The summed E-state index contributed by atoms with van der Waals surface area (Å²) in [6.07, 6.45) is 2.60. The molecule has 2 N–H and O–H groups in total. The van der Waals surface area contributed by atoms with E-state index in [0.29, 0.717) is 5.69 Å². The van der Waals surface area contributed by atoms with Gasteiger partial charge in [0.25, 0.3) is 11.5 Å². The zero-order chi connectivity index (χ0) is 21.0. The van der Waals surface area contributed by atoms with Crippen LogP contribution in [0.1, 0.15) is 15.9 Å². The topological polar surface area (TPSA) is 97.3 Å². The number of hydrogen-bond acceptors (Lipinski definition) is 4. The van der Waals surface area contributed by atoms with Crippen molar-refractivity contribution in [3.63, 3.8) is 0 Å². The fraction of sp³-hybridized carbons (Fsp3) is 0.100. The van der Waals surface area contributed by atoms with Gasteiger partial charge in [0, 0.05) is 17.4 Å². The smallest absolute Gasteiger partial charge is 0.274 e. The Morgan fingerprint density at radius 2 is 1.69 bits per heavy atom. The second-order valence-electron chi connectivity index (χ2n) is 6.39. The summed E-state index contributed by atoms with van der Waals surface area (Å²) in [6, 6.07) is 14.7. The number of carbonyl (C=O) groups is 1. The van der Waals surface area contributed by atoms with Crippen molar-refractivity contribution in [2.45, 2.75) is 6.54 Å². The predicted octanol–water partition coefficient (Wildman–Crippen LogP) is 2.66. The molecule has 0 bridgehead atoms. The van der Waals surface area contributed by atoms with Gasteiger partial charge in [0.1, 0.15) is 11.5 Å². The third kappa shape index (κ3) is 5.52. The number of amides is 1. The molecule has 0 fully saturated rings. The van der Waals surface area contributed by atoms with Crippen LogP contribution in [0.15, 0.2) is 71.7 Å². The fourth-order valence-corrected chi connectivity index (χ4v) is 3.21. The molecule has 1 aromatic heterocycles. The van der Waals surface area contributed by atoms with E-state index < -0.39 is 21.5 Å². The SMILES string of the molecule is CS(=O)(=O)Nc1ccc(C(=O)Nc2cccn(Cc3ccc(F)cc3)c2=O)cc1. The number of nitrogens with zero attached hydrogens (tertiary/aromatic N) is 1. The van der Waals surface area contributed by atoms with Crippen molar-refractivity contribution in [1.29, 1.82) is 0 Å². The summed E-state index contributed by atoms with van der Waals surface area (Å²) in [5.74, 6) is -0.868. The van der Waals surface area contributed by atoms with Crippen molar-refractivity contribution >= 4 is 27.3 Å². The Labute approximate surface area is 166 Å². The van der Waals surface area contributed by atoms with Gasteiger partial charge in [-0.3, -0.25) is 14.3 Å². The Hall–Kier alpha value is -3.46. The lowest BCUT2D eigenvalue weighted by Crippen LogP contribution is -2.25. The molecule has 9 heteroatoms. The number of rotatable bonds is 6. The number of nitrogens with one attached hydrogen (secondary N) is 2. The van der Waals surface area contributed by atoms with Crippen LogP contribution in [0.25, 0.3) is 0 Å². The van der Waals surface area contributed by atoms with E-state index in [2.05, 4.69) is 10.0 Å². The molecular weight excluding hydrogens is 397 g/mol. The molecule has 29 heavy (non-hydrogen) atoms. The highest BCUT2D eigenvalue weighted by molar-refractivity contribution is 7.92. The van der Waals surface area contributed by atoms with Crippen LogP contribution < -0.4 is 15.6 Å². The Balaban J connectivity index is 1.75. The lowest BCUT2D eigenvalue weighted by Gasteiger charge is -2.10. The van der Waals surface area contributed by atoms with Gasteiger partial charge in [-0.1, -0.05) is 12.1 Å². The van der Waals surface area contributed by atoms with Crippen molar-refractivity contribution in [2.24, 2.45) is 0 Å². The molecule has 7 nitrogen and oxygen atoms in total. The van der Waals surface area contributed by atoms with Gasteiger partial charge < -0.3 is 9.88 Å². The molecular formula is C20H18FN3O4S. The quantitative estimate of drug-likeness (QED) is 0.647. The Morgan fingerprint density at radius 3 is 2.31 bits per heavy atom. The van der Waals surface area contributed by atoms with Crippen molar-refractivity contribution in [3.8, 4) is 0 Å². The minimum absolute atomic E-state index is 0.0953. The predicted molar refractivity (Wildman–Crippen MR) is 109 cm³/mol. The second-order valence-corrected chi connectivity index (χ2v) is 8.14. The number of hydrogen-bond donors (Lipinski definition) is 2. The lowest BCUT2D eigenvalue weighted by atomic mass is 10.2. The molecule has 3 aromatic rings. The summed E-state index contributed by atoms with van der Waals surface area (Å²) in [5.41, 5.74) is 1.02. The molecule has 0 saturated heterocycles. The van der Waals surface area contributed by atoms with Crippen LogP contribution in [0.2, 0.25) is 0 Å². The van der Waals surface area contributed by atoms with Crippen LogP contribution in [0, 0.1) is 5.82 Å². The first-order valence-electron chi connectivity index (χ1n) is 8.54. The third-order valence-electron chi connectivity index (χ3n) is 3.98. The molecule has 2 aromatic carbocycles. The van der Waals surface area contributed by atoms with Crippen LogP contribution >= 0.6 is 0 Å². The van der Waals surface area contributed by atoms with Crippen LogP contribution in [0.5, 0.6) is 0 Å². The zero-order valence-corrected chi connectivity index (χ0v) is 16.2. The van der Waals surface area contributed by atoms with Gasteiger partial charge in [-0.2, -0.15) is 0 Å². The van der Waals surface area contributed by atoms with Gasteiger partial charge in [0.2, 0.25) is 10.0 Å². The minimum Gasteiger partial charge on any atom is -0.317 e. The van der Waals surface area contributed by atoms with Gasteiger partial charge in [-0.05, 0) is 54.1 Å². The van der Waals surface area contributed by atoms with Crippen LogP contribution in [-0.4, -0.2) is 25.1 Å². The van der Waals surface area contributed by atoms with Gasteiger partial charge >= 0.3 is 0 Å². The van der Waals surface area contributed by atoms with Gasteiger partial charge in [-0.25, -0.2) is 12.8 Å². The molecule has 0 unspecified atom stereocenters. The molecule has 0 atom stereocenters. The Morgan fingerprint density at radius 1 is 1.03 bits per heavy atom. The summed E-state index contributed by atoms with van der Waals surface area (Å²) in [4.78, 5) is 25.0. The van der Waals surface area contributed by atoms with Crippen molar-refractivity contribution in [2.75, 3.05) is 16.3 Å². The zero-order valence-electron chi connectivity index (χ0n) is 15.4. The molecule has 150 valence electrons. The maximum atomic E-state index is 13.0. The molecule has 0 aliphatic heterocycles. The number of sulfonamides is 1. The van der Waals surface area contributed by atoms with E-state index in [1.807, 2.05) is 0 Å². The lowest BCUT2D eigenvalue weighted by molar-refractivity contribution is 0.102. The molecule has 1 amide bonds. The highest BCUT2D eigenvalue weighted by Crippen LogP contribution is 2.12. The molecule has 0 radical (unpaired) electrons. The van der Waals surface area contributed by atoms with E-state index in [0.717, 1.165) is 11.8 Å². The number of pyridine rings is 1. The summed E-state index contributed by atoms with van der Waals surface area (Å²) in [6.45, 7) is 0.231. The van der Waals surface area contributed by atoms with E-state index in [4.69, 9.17) is 0 Å². The highest BCUT2D eigenvalue weighted by Gasteiger charge is 2.11. The fourth-order valence-electron chi connectivity index (χ4n) is 2.64. The normalized spacial score (nSPS) is 11.1. The van der Waals surface area contributed by atoms with E-state index in [9.17, 15) is 22.4 Å². The minimum atomic E-state index is -3.41. The Kier molecular flexibility index (Phi) is 5.79. The molecule has 1 heterocycles. The van der Waals surface area contributed by atoms with Gasteiger partial charge in [0.15, 0.2) is 0 Å². The van der Waals surface area contributed by atoms with Crippen molar-refractivity contribution in [1.82, 2.24) is 4.57 Å². The first-order valence-corrected chi connectivity index (χ1v) is 10.4. The number of carbonyl (C=O) groups excluding carboxylic acids is 1. The molecule has 0 spiro atoms. The summed E-state index contributed by atoms with van der Waals surface area (Å²) < 4.78 is 39.2. The first-order chi connectivity index (χ1) is 13.7. The summed E-state index contributed by atoms with van der Waals surface area (Å²) in [7, 11) is -3.41. The summed E-state index contributed by atoms with van der Waals surface area (Å²) >= 11 is 0. The summed E-state index contributed by atoms with van der Waals surface area (Å²) in [5, 5.41) is 2.56. The number of benzene rings is 2. The second kappa shape index (κ2) is 8.27. The van der Waals surface area contributed by atoms with Crippen molar-refractivity contribution < 1.29 is 17.6 Å². The molecule has 3 rings (SSSR count).